The molecule has 0 N–H and O–H groups in total. The van der Waals surface area contributed by atoms with Crippen molar-refractivity contribution in [3.05, 3.63) is 386 Å². The second-order valence-electron chi connectivity index (χ2n) is 25.2. The fourth-order valence-corrected chi connectivity index (χ4v) is 14.6. The van der Waals surface area contributed by atoms with E-state index in [4.69, 9.17) is 0 Å². The monoisotopic (exact) mass is 1770 g/mol. The van der Waals surface area contributed by atoms with Gasteiger partial charge in [0.1, 0.15) is 0 Å². The fraction of sp³-hybridized carbons (Fsp3) is 0.303. The van der Waals surface area contributed by atoms with Crippen LogP contribution in [0.5, 0.6) is 0 Å². The van der Waals surface area contributed by atoms with E-state index in [-0.39, 0.29) is 0 Å². The zero-order valence-corrected chi connectivity index (χ0v) is 90.6. The van der Waals surface area contributed by atoms with E-state index in [1.165, 1.54) is 175 Å². The molecule has 0 radical (unpaired) electrons. The van der Waals surface area contributed by atoms with E-state index in [1.54, 1.807) is 0 Å². The Morgan fingerprint density at radius 3 is 0.598 bits per heavy atom. The molecular weight excluding hydrogens is 1590 g/mol. The maximum Gasteiger partial charge on any atom is -0.00264 e. The summed E-state index contributed by atoms with van der Waals surface area (Å²) in [7, 11) is 0. The highest BCUT2D eigenvalue weighted by molar-refractivity contribution is 6.27. The van der Waals surface area contributed by atoms with Gasteiger partial charge in [0.15, 0.2) is 0 Å². The Balaban J connectivity index is -0.000000702. The molecule has 18 aromatic carbocycles. The van der Waals surface area contributed by atoms with Crippen LogP contribution in [-0.2, 0) is 0 Å². The largest absolute Gasteiger partial charge is 0.0683 e. The Hall–Kier alpha value is -12.0. The third-order valence-electron chi connectivity index (χ3n) is 18.9. The predicted octanol–water partition coefficient (Wildman–Crippen LogP) is 45.7. The van der Waals surface area contributed by atoms with Crippen molar-refractivity contribution >= 4 is 86.2 Å². The smallest absolute Gasteiger partial charge is 0.00264 e. The zero-order chi connectivity index (χ0) is 101. The van der Waals surface area contributed by atoms with Gasteiger partial charge in [-0.3, -0.25) is 0 Å². The van der Waals surface area contributed by atoms with E-state index in [9.17, 15) is 0 Å². The number of fused-ring (bicyclic) bond motifs is 18. The minimum atomic E-state index is 1.27. The molecule has 0 heteroatoms. The molecule has 0 amide bonds. The Labute approximate surface area is 810 Å². The number of hydrogen-bond acceptors (Lipinski definition) is 0. The average molecular weight is 1770 g/mol. The van der Waals surface area contributed by atoms with Crippen molar-refractivity contribution < 1.29 is 0 Å². The standard InChI is InChI=1S/2C19H14.C19H16.2C16H10.C7H8.18C2H6/c1-13-7-6-12-18-16-9-3-2-8-14(16)15-10-4-5-11-17(15)19(13)18;1-13-10-11-18-16-8-3-2-6-14(16)15-7-4-5-9-17(15)19(18)12-13;1-15-12-18(16-8-4-2-5-9-16)14-19(13-15)17-10-6-3-7-11-17;2*1-2-8-13-12(7-1)14-9-3-5-11-6-4-10-15(13)16(11)14;1-7-5-3-2-4-6-7;18*1-2/h2*2-12H,1H3;2-14H,1H3;2*1-10H;2-6H,1H3;18*1-2H3. The van der Waals surface area contributed by atoms with Crippen LogP contribution in [0, 0.1) is 27.7 Å². The molecule has 0 bridgehead atoms. The van der Waals surface area contributed by atoms with E-state index < -0.39 is 0 Å². The lowest BCUT2D eigenvalue weighted by Crippen LogP contribution is -1.85. The Morgan fingerprint density at radius 1 is 0.114 bits per heavy atom. The third kappa shape index (κ3) is 35.6. The number of benzene rings is 18. The summed E-state index contributed by atoms with van der Waals surface area (Å²) in [6, 6.07) is 130. The number of rotatable bonds is 2. The van der Waals surface area contributed by atoms with Crippen molar-refractivity contribution in [1.82, 2.24) is 0 Å². The SMILES string of the molecule is CC.CC.CC.CC.CC.CC.CC.CC.CC.CC.CC.CC.CC.CC.CC.CC.CC.CC.Cc1cc(-c2ccccc2)cc(-c2ccccc2)c1.Cc1ccc2c3ccccc3c3ccccc3c2c1.Cc1cccc2c3ccccc3c3ccccc3c12.Cc1ccccc1.c1ccc2c(c1)-c1cccc3cccc-2c13.c1ccc2c(c1)-c1cccc3cccc-2c13. The summed E-state index contributed by atoms with van der Waals surface area (Å²) in [4.78, 5) is 0. The molecule has 0 nitrogen and oxygen atoms in total. The van der Waals surface area contributed by atoms with E-state index in [2.05, 4.69) is 373 Å². The van der Waals surface area contributed by atoms with Crippen LogP contribution in [0.4, 0.5) is 0 Å². The molecule has 2 aliphatic rings. The lowest BCUT2D eigenvalue weighted by Gasteiger charge is -2.11. The van der Waals surface area contributed by atoms with Crippen molar-refractivity contribution in [2.75, 3.05) is 0 Å². The number of aryl methyl sites for hydroxylation is 4. The van der Waals surface area contributed by atoms with Gasteiger partial charge in [-0.1, -0.05) is 618 Å². The maximum absolute atomic E-state index is 2.30. The highest BCUT2D eigenvalue weighted by Gasteiger charge is 2.21. The average Bonchev–Trinajstić information content (AvgIpc) is 1.70. The van der Waals surface area contributed by atoms with Crippen molar-refractivity contribution in [2.24, 2.45) is 0 Å². The van der Waals surface area contributed by atoms with Crippen molar-refractivity contribution in [1.29, 1.82) is 0 Å². The summed E-state index contributed by atoms with van der Waals surface area (Å²) in [6.07, 6.45) is 0. The Kier molecular flexibility index (Phi) is 76.5. The van der Waals surface area contributed by atoms with Gasteiger partial charge in [0, 0.05) is 0 Å². The van der Waals surface area contributed by atoms with Gasteiger partial charge < -0.3 is 0 Å². The molecular formula is C132H180. The van der Waals surface area contributed by atoms with Gasteiger partial charge in [-0.15, -0.1) is 0 Å². The predicted molar refractivity (Wildman–Crippen MR) is 622 cm³/mol. The molecule has 0 atom stereocenters. The summed E-state index contributed by atoms with van der Waals surface area (Å²) in [5, 5.41) is 21.7. The summed E-state index contributed by atoms with van der Waals surface area (Å²) < 4.78 is 0. The van der Waals surface area contributed by atoms with Crippen molar-refractivity contribution in [3.63, 3.8) is 0 Å². The molecule has 20 rings (SSSR count). The van der Waals surface area contributed by atoms with Crippen LogP contribution < -0.4 is 0 Å². The first kappa shape index (κ1) is 126. The van der Waals surface area contributed by atoms with Crippen molar-refractivity contribution in [3.8, 4) is 66.8 Å². The van der Waals surface area contributed by atoms with Crippen LogP contribution in [0.1, 0.15) is 272 Å². The van der Waals surface area contributed by atoms with Crippen LogP contribution in [-0.4, -0.2) is 0 Å². The lowest BCUT2D eigenvalue weighted by atomic mass is 9.92. The summed E-state index contributed by atoms with van der Waals surface area (Å²) in [5.74, 6) is 0. The Morgan fingerprint density at radius 2 is 0.326 bits per heavy atom. The molecule has 0 heterocycles. The van der Waals surface area contributed by atoms with Crippen LogP contribution in [0.2, 0.25) is 0 Å². The summed E-state index contributed by atoms with van der Waals surface area (Å²) in [6.45, 7) is 80.6. The van der Waals surface area contributed by atoms with Gasteiger partial charge in [-0.05, 0) is 198 Å². The minimum Gasteiger partial charge on any atom is -0.0683 e. The third-order valence-corrected chi connectivity index (χ3v) is 18.9. The normalized spacial score (nSPS) is 8.91. The van der Waals surface area contributed by atoms with Crippen LogP contribution >= 0.6 is 0 Å². The first-order chi connectivity index (χ1) is 65.3. The second-order valence-corrected chi connectivity index (χ2v) is 25.2. The molecule has 0 saturated carbocycles. The van der Waals surface area contributed by atoms with Gasteiger partial charge in [0.25, 0.3) is 0 Å². The maximum atomic E-state index is 2.30. The topological polar surface area (TPSA) is 0 Å². The van der Waals surface area contributed by atoms with Gasteiger partial charge >= 0.3 is 0 Å². The molecule has 0 unspecified atom stereocenters. The fourth-order valence-electron chi connectivity index (χ4n) is 14.6. The summed E-state index contributed by atoms with van der Waals surface area (Å²) >= 11 is 0. The lowest BCUT2D eigenvalue weighted by molar-refractivity contribution is 1.46. The minimum absolute atomic E-state index is 1.27. The van der Waals surface area contributed by atoms with Gasteiger partial charge in [0.05, 0.1) is 0 Å². The highest BCUT2D eigenvalue weighted by atomic mass is 14.2. The molecule has 18 aromatic rings. The first-order valence-electron chi connectivity index (χ1n) is 51.4. The molecule has 2 aliphatic carbocycles. The molecule has 0 fully saturated rings. The Bertz CT molecular complexity index is 5420. The first-order valence-corrected chi connectivity index (χ1v) is 51.4. The van der Waals surface area contributed by atoms with Crippen LogP contribution in [0.15, 0.2) is 364 Å². The molecule has 132 heavy (non-hydrogen) atoms. The molecule has 708 valence electrons. The van der Waals surface area contributed by atoms with Crippen LogP contribution in [0.25, 0.3) is 153 Å². The molecule has 0 spiro atoms. The molecule has 0 aromatic heterocycles. The van der Waals surface area contributed by atoms with E-state index >= 15 is 0 Å². The molecule has 0 saturated heterocycles. The number of hydrogen-bond donors (Lipinski definition) is 0. The molecule has 0 aliphatic heterocycles. The summed E-state index contributed by atoms with van der Waals surface area (Å²) in [5.41, 5.74) is 21.4. The van der Waals surface area contributed by atoms with E-state index in [0.29, 0.717) is 0 Å². The van der Waals surface area contributed by atoms with E-state index in [1.807, 2.05) is 267 Å². The second kappa shape index (κ2) is 79.9. The van der Waals surface area contributed by atoms with Gasteiger partial charge in [-0.25, -0.2) is 0 Å². The van der Waals surface area contributed by atoms with Gasteiger partial charge in [0.2, 0.25) is 0 Å². The van der Waals surface area contributed by atoms with E-state index in [0.717, 1.165) is 0 Å². The van der Waals surface area contributed by atoms with Gasteiger partial charge in [-0.2, -0.15) is 0 Å². The van der Waals surface area contributed by atoms with Crippen LogP contribution in [0.3, 0.4) is 0 Å². The van der Waals surface area contributed by atoms with Crippen molar-refractivity contribution in [2.45, 2.75) is 277 Å². The highest BCUT2D eigenvalue weighted by Crippen LogP contribution is 2.48. The zero-order valence-electron chi connectivity index (χ0n) is 90.6. The quantitative estimate of drug-likeness (QED) is 0.151.